The third kappa shape index (κ3) is 3.56. The second-order valence-electron chi connectivity index (χ2n) is 7.84. The summed E-state index contributed by atoms with van der Waals surface area (Å²) < 4.78 is 32.3. The van der Waals surface area contributed by atoms with Gasteiger partial charge < -0.3 is 9.42 Å². The minimum absolute atomic E-state index is 0.0430. The van der Waals surface area contributed by atoms with Gasteiger partial charge in [0.15, 0.2) is 0 Å². The lowest BCUT2D eigenvalue weighted by Crippen LogP contribution is -2.43. The molecule has 0 N–H and O–H groups in total. The zero-order chi connectivity index (χ0) is 19.0. The number of fused-ring (bicyclic) bond motifs is 1. The van der Waals surface area contributed by atoms with Crippen LogP contribution >= 0.6 is 0 Å². The van der Waals surface area contributed by atoms with Gasteiger partial charge in [0.2, 0.25) is 5.91 Å². The van der Waals surface area contributed by atoms with Crippen molar-refractivity contribution in [3.05, 3.63) is 23.0 Å². The highest BCUT2D eigenvalue weighted by Crippen LogP contribution is 2.35. The number of halogens is 2. The topological polar surface area (TPSA) is 59.2 Å². The van der Waals surface area contributed by atoms with Crippen LogP contribution in [0.1, 0.15) is 74.2 Å². The van der Waals surface area contributed by atoms with Gasteiger partial charge >= 0.3 is 0 Å². The molecule has 5 nitrogen and oxygen atoms in total. The molecule has 0 radical (unpaired) electrons. The SMILES string of the molecule is Cc1noc2nc([C@@H]3CCCN(C(=O)C4CCCCC4)C3)cc(C(F)F)c12. The minimum atomic E-state index is -2.61. The second kappa shape index (κ2) is 7.52. The van der Waals surface area contributed by atoms with Crippen LogP contribution in [-0.4, -0.2) is 34.0 Å². The third-order valence-electron chi connectivity index (χ3n) is 6.01. The highest BCUT2D eigenvalue weighted by Gasteiger charge is 2.32. The Morgan fingerprint density at radius 3 is 2.74 bits per heavy atom. The molecule has 1 saturated carbocycles. The first-order valence-electron chi connectivity index (χ1n) is 9.88. The van der Waals surface area contributed by atoms with Gasteiger partial charge in [-0.3, -0.25) is 4.79 Å². The van der Waals surface area contributed by atoms with E-state index in [0.717, 1.165) is 45.1 Å². The highest BCUT2D eigenvalue weighted by molar-refractivity contribution is 5.81. The molecule has 3 heterocycles. The quantitative estimate of drug-likeness (QED) is 0.774. The van der Waals surface area contributed by atoms with Gasteiger partial charge in [0.1, 0.15) is 0 Å². The lowest BCUT2D eigenvalue weighted by molar-refractivity contribution is -0.137. The fourth-order valence-corrected chi connectivity index (χ4v) is 4.56. The molecular formula is C20H25F2N3O2. The number of aromatic nitrogens is 2. The first-order chi connectivity index (χ1) is 13.0. The van der Waals surface area contributed by atoms with Crippen molar-refractivity contribution in [3.63, 3.8) is 0 Å². The summed E-state index contributed by atoms with van der Waals surface area (Å²) in [6.07, 6.45) is 4.47. The van der Waals surface area contributed by atoms with Crippen molar-refractivity contribution in [2.75, 3.05) is 13.1 Å². The number of hydrogen-bond acceptors (Lipinski definition) is 4. The van der Waals surface area contributed by atoms with Crippen molar-refractivity contribution in [1.82, 2.24) is 15.0 Å². The monoisotopic (exact) mass is 377 g/mol. The molecule has 0 unspecified atom stereocenters. The Bertz CT molecular complexity index is 830. The van der Waals surface area contributed by atoms with Crippen LogP contribution < -0.4 is 0 Å². The second-order valence-corrected chi connectivity index (χ2v) is 7.84. The maximum atomic E-state index is 13.6. The number of nitrogens with zero attached hydrogens (tertiary/aromatic N) is 3. The van der Waals surface area contributed by atoms with E-state index in [0.29, 0.717) is 23.3 Å². The van der Waals surface area contributed by atoms with Gasteiger partial charge in [0.25, 0.3) is 12.1 Å². The number of hydrogen-bond donors (Lipinski definition) is 0. The Kier molecular flexibility index (Phi) is 5.10. The number of piperidine rings is 1. The smallest absolute Gasteiger partial charge is 0.264 e. The molecule has 0 spiro atoms. The molecule has 146 valence electrons. The van der Waals surface area contributed by atoms with Crippen LogP contribution in [0, 0.1) is 12.8 Å². The molecule has 27 heavy (non-hydrogen) atoms. The summed E-state index contributed by atoms with van der Waals surface area (Å²) in [7, 11) is 0. The molecule has 1 aliphatic carbocycles. The maximum absolute atomic E-state index is 13.6. The lowest BCUT2D eigenvalue weighted by Gasteiger charge is -2.35. The predicted octanol–water partition coefficient (Wildman–Crippen LogP) is 4.76. The van der Waals surface area contributed by atoms with Crippen LogP contribution in [0.25, 0.3) is 11.1 Å². The van der Waals surface area contributed by atoms with E-state index in [1.54, 1.807) is 6.92 Å². The normalized spacial score (nSPS) is 21.9. The molecule has 2 aromatic rings. The molecular weight excluding hydrogens is 352 g/mol. The molecule has 2 fully saturated rings. The largest absolute Gasteiger partial charge is 0.342 e. The zero-order valence-corrected chi connectivity index (χ0v) is 15.6. The van der Waals surface area contributed by atoms with Gasteiger partial charge in [-0.05, 0) is 38.7 Å². The summed E-state index contributed by atoms with van der Waals surface area (Å²) in [5.41, 5.74) is 1.09. The first-order valence-corrected chi connectivity index (χ1v) is 9.88. The zero-order valence-electron chi connectivity index (χ0n) is 15.6. The van der Waals surface area contributed by atoms with E-state index in [1.165, 1.54) is 12.5 Å². The van der Waals surface area contributed by atoms with Crippen molar-refractivity contribution in [2.24, 2.45) is 5.92 Å². The van der Waals surface area contributed by atoms with Crippen LogP contribution in [0.2, 0.25) is 0 Å². The van der Waals surface area contributed by atoms with Gasteiger partial charge in [0, 0.05) is 36.2 Å². The molecule has 1 amide bonds. The molecule has 1 atom stereocenters. The van der Waals surface area contributed by atoms with Crippen molar-refractivity contribution in [2.45, 2.75) is 64.2 Å². The number of alkyl halides is 2. The number of carbonyl (C=O) groups excluding carboxylic acids is 1. The molecule has 2 aliphatic rings. The number of likely N-dealkylation sites (tertiary alicyclic amines) is 1. The third-order valence-corrected chi connectivity index (χ3v) is 6.01. The number of amides is 1. The lowest BCUT2D eigenvalue weighted by atomic mass is 9.86. The first kappa shape index (κ1) is 18.3. The van der Waals surface area contributed by atoms with E-state index < -0.39 is 6.43 Å². The standard InChI is InChI=1S/C20H25F2N3O2/c1-12-17-15(18(21)22)10-16(23-19(17)27-24-12)14-8-5-9-25(11-14)20(26)13-6-3-2-4-7-13/h10,13-14,18H,2-9,11H2,1H3/t14-/m1/s1. The summed E-state index contributed by atoms with van der Waals surface area (Å²) in [5.74, 6) is 0.310. The Labute approximate surface area is 157 Å². The summed E-state index contributed by atoms with van der Waals surface area (Å²) in [6, 6.07) is 1.48. The van der Waals surface area contributed by atoms with Crippen LogP contribution in [0.5, 0.6) is 0 Å². The number of pyridine rings is 1. The van der Waals surface area contributed by atoms with Crippen LogP contribution in [-0.2, 0) is 4.79 Å². The summed E-state index contributed by atoms with van der Waals surface area (Å²) >= 11 is 0. The van der Waals surface area contributed by atoms with E-state index in [-0.39, 0.29) is 29.0 Å². The molecule has 0 bridgehead atoms. The molecule has 4 rings (SSSR count). The fraction of sp³-hybridized carbons (Fsp3) is 0.650. The summed E-state index contributed by atoms with van der Waals surface area (Å²) in [5, 5.41) is 4.10. The van der Waals surface area contributed by atoms with Crippen molar-refractivity contribution in [3.8, 4) is 0 Å². The molecule has 2 aromatic heterocycles. The van der Waals surface area contributed by atoms with E-state index in [9.17, 15) is 13.6 Å². The van der Waals surface area contributed by atoms with E-state index >= 15 is 0 Å². The van der Waals surface area contributed by atoms with E-state index in [2.05, 4.69) is 10.1 Å². The maximum Gasteiger partial charge on any atom is 0.264 e. The molecule has 1 aliphatic heterocycles. The van der Waals surface area contributed by atoms with Crippen LogP contribution in [0.4, 0.5) is 8.78 Å². The Morgan fingerprint density at radius 2 is 2.00 bits per heavy atom. The van der Waals surface area contributed by atoms with Crippen molar-refractivity contribution in [1.29, 1.82) is 0 Å². The Morgan fingerprint density at radius 1 is 1.22 bits per heavy atom. The average molecular weight is 377 g/mol. The van der Waals surface area contributed by atoms with Crippen molar-refractivity contribution < 1.29 is 18.1 Å². The van der Waals surface area contributed by atoms with Gasteiger partial charge in [-0.1, -0.05) is 24.4 Å². The van der Waals surface area contributed by atoms with Gasteiger partial charge in [-0.15, -0.1) is 0 Å². The van der Waals surface area contributed by atoms with Gasteiger partial charge in [-0.25, -0.2) is 13.8 Å². The average Bonchev–Trinajstić information content (AvgIpc) is 3.08. The number of aryl methyl sites for hydroxylation is 1. The number of rotatable bonds is 3. The summed E-state index contributed by atoms with van der Waals surface area (Å²) in [6.45, 7) is 2.94. The minimum Gasteiger partial charge on any atom is -0.342 e. The molecule has 7 heteroatoms. The van der Waals surface area contributed by atoms with Crippen LogP contribution in [0.15, 0.2) is 10.6 Å². The van der Waals surface area contributed by atoms with E-state index in [1.807, 2.05) is 4.90 Å². The number of carbonyl (C=O) groups is 1. The Hall–Kier alpha value is -2.05. The molecule has 1 saturated heterocycles. The van der Waals surface area contributed by atoms with E-state index in [4.69, 9.17) is 4.52 Å². The van der Waals surface area contributed by atoms with Crippen molar-refractivity contribution >= 4 is 17.0 Å². The van der Waals surface area contributed by atoms with Gasteiger partial charge in [0.05, 0.1) is 11.1 Å². The highest BCUT2D eigenvalue weighted by atomic mass is 19.3. The Balaban J connectivity index is 1.58. The summed E-state index contributed by atoms with van der Waals surface area (Å²) in [4.78, 5) is 19.3. The van der Waals surface area contributed by atoms with Gasteiger partial charge in [-0.2, -0.15) is 0 Å². The fourth-order valence-electron chi connectivity index (χ4n) is 4.56. The molecule has 0 aromatic carbocycles. The predicted molar refractivity (Wildman–Crippen MR) is 96.6 cm³/mol. The van der Waals surface area contributed by atoms with Crippen LogP contribution in [0.3, 0.4) is 0 Å².